The second kappa shape index (κ2) is 5.72. The molecule has 0 aromatic carbocycles. The number of thioether (sulfide) groups is 1. The molecule has 1 aliphatic heterocycles. The second-order valence-corrected chi connectivity index (χ2v) is 6.07. The Hall–Kier alpha value is -0.260. The maximum Gasteiger partial charge on any atom is 0.248 e. The Morgan fingerprint density at radius 3 is 2.93 bits per heavy atom. The van der Waals surface area contributed by atoms with Crippen LogP contribution in [0.4, 0.5) is 0 Å². The maximum absolute atomic E-state index is 11.7. The molecule has 15 heavy (non-hydrogen) atoms. The van der Waals surface area contributed by atoms with Crippen LogP contribution in [0.1, 0.15) is 13.8 Å². The van der Waals surface area contributed by atoms with Crippen LogP contribution < -0.4 is 5.73 Å². The van der Waals surface area contributed by atoms with E-state index in [1.165, 1.54) is 0 Å². The van der Waals surface area contributed by atoms with E-state index in [0.29, 0.717) is 13.2 Å². The van der Waals surface area contributed by atoms with Crippen molar-refractivity contribution in [3.05, 3.63) is 0 Å². The number of nitrogens with two attached hydrogens (primary N) is 1. The number of ether oxygens (including phenoxy) is 1. The lowest BCUT2D eigenvalue weighted by atomic mass is 10.2. The average molecular weight is 232 g/mol. The lowest BCUT2D eigenvalue weighted by Crippen LogP contribution is -2.47. The quantitative estimate of drug-likeness (QED) is 0.709. The fourth-order valence-electron chi connectivity index (χ4n) is 1.56. The molecule has 0 atom stereocenters. The molecule has 1 amide bonds. The molecule has 4 nitrogen and oxygen atoms in total. The molecule has 1 saturated heterocycles. The molecule has 0 aromatic rings. The summed E-state index contributed by atoms with van der Waals surface area (Å²) in [5.41, 5.74) is 5.28. The number of carbonyl (C=O) groups excluding carboxylic acids is 1. The molecule has 0 aromatic heterocycles. The van der Waals surface area contributed by atoms with Crippen LogP contribution in [0.5, 0.6) is 0 Å². The third kappa shape index (κ3) is 4.40. The van der Waals surface area contributed by atoms with Gasteiger partial charge in [-0.15, -0.1) is 0 Å². The van der Waals surface area contributed by atoms with Gasteiger partial charge in [0.05, 0.1) is 6.61 Å². The molecule has 0 radical (unpaired) electrons. The van der Waals surface area contributed by atoms with Gasteiger partial charge in [-0.05, 0) is 13.8 Å². The number of carbonyl (C=O) groups is 1. The molecule has 1 rings (SSSR count). The van der Waals surface area contributed by atoms with Gasteiger partial charge < -0.3 is 15.4 Å². The molecule has 0 saturated carbocycles. The lowest BCUT2D eigenvalue weighted by molar-refractivity contribution is -0.136. The van der Waals surface area contributed by atoms with Gasteiger partial charge in [-0.3, -0.25) is 4.79 Å². The van der Waals surface area contributed by atoms with Crippen LogP contribution in [0.15, 0.2) is 0 Å². The SMILES string of the molecule is CC1(C)CN(C(=O)COCCN)CCS1. The molecule has 0 aliphatic carbocycles. The van der Waals surface area contributed by atoms with Gasteiger partial charge in [0, 0.05) is 30.1 Å². The standard InChI is InChI=1S/C10H20N2O2S/c1-10(2)8-12(4-6-15-10)9(13)7-14-5-3-11/h3-8,11H2,1-2H3. The zero-order valence-electron chi connectivity index (χ0n) is 9.49. The number of amides is 1. The summed E-state index contributed by atoms with van der Waals surface area (Å²) in [6.07, 6.45) is 0. The normalized spacial score (nSPS) is 20.3. The van der Waals surface area contributed by atoms with Crippen molar-refractivity contribution in [3.8, 4) is 0 Å². The largest absolute Gasteiger partial charge is 0.370 e. The summed E-state index contributed by atoms with van der Waals surface area (Å²) >= 11 is 1.92. The predicted molar refractivity (Wildman–Crippen MR) is 63.0 cm³/mol. The van der Waals surface area contributed by atoms with Crippen LogP contribution in [0, 0.1) is 0 Å². The highest BCUT2D eigenvalue weighted by atomic mass is 32.2. The van der Waals surface area contributed by atoms with E-state index in [-0.39, 0.29) is 17.3 Å². The molecule has 1 aliphatic rings. The van der Waals surface area contributed by atoms with Crippen LogP contribution in [0.2, 0.25) is 0 Å². The summed E-state index contributed by atoms with van der Waals surface area (Å²) in [5, 5.41) is 0. The average Bonchev–Trinajstić information content (AvgIpc) is 2.16. The van der Waals surface area contributed by atoms with Crippen molar-refractivity contribution >= 4 is 17.7 Å². The van der Waals surface area contributed by atoms with Gasteiger partial charge in [-0.1, -0.05) is 0 Å². The third-order valence-corrected chi connectivity index (χ3v) is 3.56. The van der Waals surface area contributed by atoms with Gasteiger partial charge in [0.1, 0.15) is 6.61 Å². The van der Waals surface area contributed by atoms with Crippen LogP contribution >= 0.6 is 11.8 Å². The van der Waals surface area contributed by atoms with Crippen LogP contribution in [-0.2, 0) is 9.53 Å². The zero-order valence-corrected chi connectivity index (χ0v) is 10.3. The minimum Gasteiger partial charge on any atom is -0.370 e. The summed E-state index contributed by atoms with van der Waals surface area (Å²) in [7, 11) is 0. The summed E-state index contributed by atoms with van der Waals surface area (Å²) in [4.78, 5) is 13.6. The van der Waals surface area contributed by atoms with Crippen molar-refractivity contribution in [1.29, 1.82) is 0 Å². The van der Waals surface area contributed by atoms with E-state index in [9.17, 15) is 4.79 Å². The van der Waals surface area contributed by atoms with Crippen molar-refractivity contribution in [1.82, 2.24) is 4.90 Å². The van der Waals surface area contributed by atoms with Gasteiger partial charge in [-0.2, -0.15) is 11.8 Å². The first-order valence-corrected chi connectivity index (χ1v) is 6.23. The topological polar surface area (TPSA) is 55.6 Å². The molecule has 2 N–H and O–H groups in total. The van der Waals surface area contributed by atoms with E-state index in [1.54, 1.807) is 0 Å². The van der Waals surface area contributed by atoms with E-state index in [4.69, 9.17) is 10.5 Å². The van der Waals surface area contributed by atoms with Gasteiger partial charge >= 0.3 is 0 Å². The second-order valence-electron chi connectivity index (χ2n) is 4.26. The molecule has 5 heteroatoms. The molecule has 0 spiro atoms. The lowest BCUT2D eigenvalue weighted by Gasteiger charge is -2.37. The Balaban J connectivity index is 2.32. The smallest absolute Gasteiger partial charge is 0.248 e. The Bertz CT molecular complexity index is 221. The predicted octanol–water partition coefficient (Wildman–Crippen LogP) is 0.316. The highest BCUT2D eigenvalue weighted by molar-refractivity contribution is 8.00. The maximum atomic E-state index is 11.7. The molecular formula is C10H20N2O2S. The first kappa shape index (κ1) is 12.8. The molecule has 1 heterocycles. The van der Waals surface area contributed by atoms with Gasteiger partial charge in [0.25, 0.3) is 0 Å². The van der Waals surface area contributed by atoms with E-state index >= 15 is 0 Å². The van der Waals surface area contributed by atoms with Crippen molar-refractivity contribution in [2.75, 3.05) is 38.6 Å². The van der Waals surface area contributed by atoms with Crippen LogP contribution in [-0.4, -0.2) is 54.2 Å². The molecule has 0 unspecified atom stereocenters. The number of hydrogen-bond acceptors (Lipinski definition) is 4. The molecular weight excluding hydrogens is 212 g/mol. The van der Waals surface area contributed by atoms with Crippen molar-refractivity contribution < 1.29 is 9.53 Å². The fourth-order valence-corrected chi connectivity index (χ4v) is 2.67. The van der Waals surface area contributed by atoms with E-state index in [2.05, 4.69) is 13.8 Å². The first-order valence-electron chi connectivity index (χ1n) is 5.25. The van der Waals surface area contributed by atoms with Gasteiger partial charge in [0.2, 0.25) is 5.91 Å². The zero-order chi connectivity index (χ0) is 11.3. The minimum atomic E-state index is 0.0804. The summed E-state index contributed by atoms with van der Waals surface area (Å²) < 4.78 is 5.31. The Morgan fingerprint density at radius 2 is 2.33 bits per heavy atom. The van der Waals surface area contributed by atoms with E-state index < -0.39 is 0 Å². The summed E-state index contributed by atoms with van der Waals surface area (Å²) in [6, 6.07) is 0. The number of nitrogens with zero attached hydrogens (tertiary/aromatic N) is 1. The molecule has 88 valence electrons. The number of rotatable bonds is 4. The van der Waals surface area contributed by atoms with Crippen LogP contribution in [0.3, 0.4) is 0 Å². The van der Waals surface area contributed by atoms with Gasteiger partial charge in [0.15, 0.2) is 0 Å². The van der Waals surface area contributed by atoms with Crippen molar-refractivity contribution in [2.45, 2.75) is 18.6 Å². The van der Waals surface area contributed by atoms with Gasteiger partial charge in [-0.25, -0.2) is 0 Å². The van der Waals surface area contributed by atoms with Crippen molar-refractivity contribution in [2.24, 2.45) is 5.73 Å². The Morgan fingerprint density at radius 1 is 1.60 bits per heavy atom. The minimum absolute atomic E-state index is 0.0804. The highest BCUT2D eigenvalue weighted by Gasteiger charge is 2.29. The Kier molecular flexibility index (Phi) is 4.89. The summed E-state index contributed by atoms with van der Waals surface area (Å²) in [6.45, 7) is 7.06. The summed E-state index contributed by atoms with van der Waals surface area (Å²) in [5.74, 6) is 1.09. The monoisotopic (exact) mass is 232 g/mol. The highest BCUT2D eigenvalue weighted by Crippen LogP contribution is 2.29. The molecule has 0 bridgehead atoms. The van der Waals surface area contributed by atoms with Crippen molar-refractivity contribution in [3.63, 3.8) is 0 Å². The van der Waals surface area contributed by atoms with Crippen LogP contribution in [0.25, 0.3) is 0 Å². The van der Waals surface area contributed by atoms with E-state index in [0.717, 1.165) is 18.8 Å². The Labute approximate surface area is 95.5 Å². The first-order chi connectivity index (χ1) is 7.05. The fraction of sp³-hybridized carbons (Fsp3) is 0.900. The third-order valence-electron chi connectivity index (χ3n) is 2.27. The van der Waals surface area contributed by atoms with E-state index in [1.807, 2.05) is 16.7 Å². The molecule has 1 fully saturated rings. The number of hydrogen-bond donors (Lipinski definition) is 1.